The average Bonchev–Trinajstić information content (AvgIpc) is 2.38. The molecule has 1 aromatic heterocycles. The molecule has 0 radical (unpaired) electrons. The lowest BCUT2D eigenvalue weighted by molar-refractivity contribution is -0.118. The van der Waals surface area contributed by atoms with E-state index in [1.165, 1.54) is 6.20 Å². The first-order valence-corrected chi connectivity index (χ1v) is 6.58. The van der Waals surface area contributed by atoms with Gasteiger partial charge in [-0.25, -0.2) is 0 Å². The summed E-state index contributed by atoms with van der Waals surface area (Å²) >= 11 is 0. The van der Waals surface area contributed by atoms with Crippen molar-refractivity contribution in [2.45, 2.75) is 44.4 Å². The van der Waals surface area contributed by atoms with Gasteiger partial charge >= 0.3 is 0 Å². The van der Waals surface area contributed by atoms with E-state index in [-0.39, 0.29) is 11.7 Å². The smallest absolute Gasteiger partial charge is 0.217 e. The molecule has 2 rings (SSSR count). The van der Waals surface area contributed by atoms with Gasteiger partial charge in [0.2, 0.25) is 5.91 Å². The van der Waals surface area contributed by atoms with Crippen LogP contribution in [-0.4, -0.2) is 16.0 Å². The second kappa shape index (κ2) is 5.85. The maximum Gasteiger partial charge on any atom is 0.217 e. The molecule has 0 spiro atoms. The van der Waals surface area contributed by atoms with Gasteiger partial charge in [-0.05, 0) is 50.2 Å². The van der Waals surface area contributed by atoms with Gasteiger partial charge in [-0.1, -0.05) is 0 Å². The lowest BCUT2D eigenvalue weighted by Crippen LogP contribution is -2.17. The number of carbonyl (C=O) groups is 1. The Balaban J connectivity index is 1.83. The van der Waals surface area contributed by atoms with Crippen LogP contribution in [0.2, 0.25) is 0 Å². The molecule has 0 aromatic carbocycles. The van der Waals surface area contributed by atoms with Crippen LogP contribution in [0, 0.1) is 5.92 Å². The largest absolute Gasteiger partial charge is 0.506 e. The third kappa shape index (κ3) is 3.45. The zero-order valence-corrected chi connectivity index (χ0v) is 10.5. The second-order valence-electron chi connectivity index (χ2n) is 5.16. The zero-order chi connectivity index (χ0) is 13.0. The fraction of sp³-hybridized carbons (Fsp3) is 0.571. The number of pyridine rings is 1. The summed E-state index contributed by atoms with van der Waals surface area (Å²) in [5, 5.41) is 9.21. The van der Waals surface area contributed by atoms with Gasteiger partial charge in [-0.3, -0.25) is 9.78 Å². The first-order valence-electron chi connectivity index (χ1n) is 6.58. The number of rotatable bonds is 4. The Morgan fingerprint density at radius 1 is 1.33 bits per heavy atom. The molecule has 0 aliphatic heterocycles. The molecule has 1 aromatic rings. The van der Waals surface area contributed by atoms with E-state index in [0.29, 0.717) is 18.3 Å². The van der Waals surface area contributed by atoms with Crippen molar-refractivity contribution in [1.82, 2.24) is 4.98 Å². The predicted octanol–water partition coefficient (Wildman–Crippen LogP) is 2.33. The highest BCUT2D eigenvalue weighted by Gasteiger charge is 2.23. The molecular formula is C14H20N2O2. The molecule has 4 nitrogen and oxygen atoms in total. The summed E-state index contributed by atoms with van der Waals surface area (Å²) in [6.45, 7) is 0. The molecule has 0 bridgehead atoms. The highest BCUT2D eigenvalue weighted by Crippen LogP contribution is 2.36. The lowest BCUT2D eigenvalue weighted by atomic mass is 9.78. The Morgan fingerprint density at radius 3 is 2.61 bits per heavy atom. The van der Waals surface area contributed by atoms with Crippen molar-refractivity contribution in [1.29, 1.82) is 0 Å². The zero-order valence-electron chi connectivity index (χ0n) is 10.5. The molecule has 4 heteroatoms. The van der Waals surface area contributed by atoms with Gasteiger partial charge in [-0.15, -0.1) is 0 Å². The number of nitrogens with two attached hydrogens (primary N) is 1. The van der Waals surface area contributed by atoms with Crippen LogP contribution in [0.25, 0.3) is 0 Å². The number of carbonyl (C=O) groups excluding carboxylic acids is 1. The van der Waals surface area contributed by atoms with Gasteiger partial charge in [0.25, 0.3) is 0 Å². The minimum Gasteiger partial charge on any atom is -0.506 e. The number of hydrogen-bond donors (Lipinski definition) is 2. The highest BCUT2D eigenvalue weighted by molar-refractivity contribution is 5.73. The van der Waals surface area contributed by atoms with E-state index in [0.717, 1.165) is 37.8 Å². The van der Waals surface area contributed by atoms with Crippen LogP contribution in [0.4, 0.5) is 0 Å². The first kappa shape index (κ1) is 12.9. The number of hydrogen-bond acceptors (Lipinski definition) is 3. The Labute approximate surface area is 107 Å². The maximum atomic E-state index is 10.7. The average molecular weight is 248 g/mol. The van der Waals surface area contributed by atoms with E-state index in [1.807, 2.05) is 6.07 Å². The summed E-state index contributed by atoms with van der Waals surface area (Å²) in [6.07, 6.45) is 7.44. The molecule has 18 heavy (non-hydrogen) atoms. The molecule has 1 aliphatic carbocycles. The standard InChI is InChI=1S/C14H20N2O2/c15-14(18)8-3-10-1-4-11(5-2-10)13-7-6-12(17)9-16-13/h6-7,9-11,17H,1-5,8H2,(H2,15,18). The molecule has 1 aliphatic rings. The van der Waals surface area contributed by atoms with Gasteiger partial charge in [0.05, 0.1) is 6.20 Å². The molecule has 0 saturated heterocycles. The van der Waals surface area contributed by atoms with E-state index >= 15 is 0 Å². The summed E-state index contributed by atoms with van der Waals surface area (Å²) in [5.74, 6) is 1.15. The first-order chi connectivity index (χ1) is 8.65. The molecule has 0 atom stereocenters. The van der Waals surface area contributed by atoms with E-state index in [9.17, 15) is 9.90 Å². The fourth-order valence-corrected chi connectivity index (χ4v) is 2.73. The van der Waals surface area contributed by atoms with Crippen molar-refractivity contribution in [3.63, 3.8) is 0 Å². The van der Waals surface area contributed by atoms with Crippen LogP contribution >= 0.6 is 0 Å². The lowest BCUT2D eigenvalue weighted by Gasteiger charge is -2.27. The van der Waals surface area contributed by atoms with Crippen LogP contribution in [0.15, 0.2) is 18.3 Å². The van der Waals surface area contributed by atoms with E-state index < -0.39 is 0 Å². The van der Waals surface area contributed by atoms with Crippen LogP contribution < -0.4 is 5.73 Å². The number of primary amides is 1. The van der Waals surface area contributed by atoms with Crippen molar-refractivity contribution in [3.8, 4) is 5.75 Å². The molecule has 1 heterocycles. The normalized spacial score (nSPS) is 23.8. The van der Waals surface area contributed by atoms with Crippen molar-refractivity contribution < 1.29 is 9.90 Å². The third-order valence-electron chi connectivity index (χ3n) is 3.83. The van der Waals surface area contributed by atoms with Crippen LogP contribution in [0.1, 0.15) is 50.1 Å². The second-order valence-corrected chi connectivity index (χ2v) is 5.16. The number of aromatic nitrogens is 1. The summed E-state index contributed by atoms with van der Waals surface area (Å²) < 4.78 is 0. The molecule has 1 amide bonds. The number of nitrogens with zero attached hydrogens (tertiary/aromatic N) is 1. The van der Waals surface area contributed by atoms with Crippen molar-refractivity contribution >= 4 is 5.91 Å². The van der Waals surface area contributed by atoms with E-state index in [2.05, 4.69) is 4.98 Å². The summed E-state index contributed by atoms with van der Waals surface area (Å²) in [7, 11) is 0. The summed E-state index contributed by atoms with van der Waals surface area (Å²) in [5.41, 5.74) is 6.24. The van der Waals surface area contributed by atoms with Crippen molar-refractivity contribution in [3.05, 3.63) is 24.0 Å². The summed E-state index contributed by atoms with van der Waals surface area (Å²) in [4.78, 5) is 15.0. The molecule has 98 valence electrons. The van der Waals surface area contributed by atoms with E-state index in [4.69, 9.17) is 5.73 Å². The monoisotopic (exact) mass is 248 g/mol. The quantitative estimate of drug-likeness (QED) is 0.858. The minimum atomic E-state index is -0.197. The third-order valence-corrected chi connectivity index (χ3v) is 3.83. The molecule has 1 fully saturated rings. The Kier molecular flexibility index (Phi) is 4.18. The summed E-state index contributed by atoms with van der Waals surface area (Å²) in [6, 6.07) is 3.60. The van der Waals surface area contributed by atoms with Crippen LogP contribution in [0.5, 0.6) is 5.75 Å². The van der Waals surface area contributed by atoms with Gasteiger partial charge in [0.1, 0.15) is 5.75 Å². The van der Waals surface area contributed by atoms with Crippen LogP contribution in [0.3, 0.4) is 0 Å². The Morgan fingerprint density at radius 2 is 2.06 bits per heavy atom. The predicted molar refractivity (Wildman–Crippen MR) is 69.0 cm³/mol. The molecule has 0 unspecified atom stereocenters. The number of aromatic hydroxyl groups is 1. The highest BCUT2D eigenvalue weighted by atomic mass is 16.3. The van der Waals surface area contributed by atoms with Gasteiger partial charge in [0.15, 0.2) is 0 Å². The van der Waals surface area contributed by atoms with Gasteiger partial charge in [0, 0.05) is 18.0 Å². The van der Waals surface area contributed by atoms with Crippen molar-refractivity contribution in [2.75, 3.05) is 0 Å². The Hall–Kier alpha value is -1.58. The number of amides is 1. The molecular weight excluding hydrogens is 228 g/mol. The maximum absolute atomic E-state index is 10.7. The van der Waals surface area contributed by atoms with Crippen molar-refractivity contribution in [2.24, 2.45) is 11.7 Å². The molecule has 1 saturated carbocycles. The van der Waals surface area contributed by atoms with Crippen LogP contribution in [-0.2, 0) is 4.79 Å². The molecule has 3 N–H and O–H groups in total. The topological polar surface area (TPSA) is 76.2 Å². The SMILES string of the molecule is NC(=O)CCC1CCC(c2ccc(O)cn2)CC1. The van der Waals surface area contributed by atoms with Gasteiger partial charge in [-0.2, -0.15) is 0 Å². The Bertz CT molecular complexity index is 395. The minimum absolute atomic E-state index is 0.197. The van der Waals surface area contributed by atoms with E-state index in [1.54, 1.807) is 6.07 Å². The fourth-order valence-electron chi connectivity index (χ4n) is 2.73. The van der Waals surface area contributed by atoms with Gasteiger partial charge < -0.3 is 10.8 Å².